The highest BCUT2D eigenvalue weighted by atomic mass is 16.4. The van der Waals surface area contributed by atoms with Gasteiger partial charge in [0.2, 0.25) is 0 Å². The second-order valence-corrected chi connectivity index (χ2v) is 3.46. The third-order valence-electron chi connectivity index (χ3n) is 2.61. The van der Waals surface area contributed by atoms with Crippen LogP contribution in [0.3, 0.4) is 0 Å². The predicted molar refractivity (Wildman–Crippen MR) is 42.1 cm³/mol. The summed E-state index contributed by atoms with van der Waals surface area (Å²) < 4.78 is 0. The predicted octanol–water partition coefficient (Wildman–Crippen LogP) is 0.834. The topological polar surface area (TPSA) is 63.3 Å². The monoisotopic (exact) mass is 157 g/mol. The van der Waals surface area contributed by atoms with Crippen molar-refractivity contribution in [3.05, 3.63) is 0 Å². The lowest BCUT2D eigenvalue weighted by Crippen LogP contribution is -2.21. The van der Waals surface area contributed by atoms with Crippen molar-refractivity contribution < 1.29 is 9.90 Å². The van der Waals surface area contributed by atoms with E-state index >= 15 is 0 Å². The molecule has 1 rings (SSSR count). The van der Waals surface area contributed by atoms with Crippen LogP contribution in [0.2, 0.25) is 0 Å². The van der Waals surface area contributed by atoms with Crippen molar-refractivity contribution >= 4 is 5.97 Å². The van der Waals surface area contributed by atoms with Gasteiger partial charge >= 0.3 is 5.97 Å². The molecule has 3 heteroatoms. The van der Waals surface area contributed by atoms with E-state index in [2.05, 4.69) is 0 Å². The van der Waals surface area contributed by atoms with E-state index in [1.54, 1.807) is 6.92 Å². The molecule has 0 radical (unpaired) electrons. The second-order valence-electron chi connectivity index (χ2n) is 3.46. The van der Waals surface area contributed by atoms with Gasteiger partial charge in [0.1, 0.15) is 0 Å². The Hall–Kier alpha value is -0.570. The zero-order chi connectivity index (χ0) is 8.43. The van der Waals surface area contributed by atoms with Gasteiger partial charge in [-0.2, -0.15) is 0 Å². The van der Waals surface area contributed by atoms with Gasteiger partial charge in [-0.25, -0.2) is 0 Å². The van der Waals surface area contributed by atoms with Crippen molar-refractivity contribution in [2.24, 2.45) is 17.6 Å². The van der Waals surface area contributed by atoms with Crippen molar-refractivity contribution in [3.8, 4) is 0 Å². The molecule has 0 aliphatic heterocycles. The van der Waals surface area contributed by atoms with Crippen LogP contribution in [-0.4, -0.2) is 17.1 Å². The minimum absolute atomic E-state index is 0.219. The summed E-state index contributed by atoms with van der Waals surface area (Å²) in [6.45, 7) is 1.77. The van der Waals surface area contributed by atoms with Crippen LogP contribution in [0.5, 0.6) is 0 Å². The van der Waals surface area contributed by atoms with Gasteiger partial charge in [0.15, 0.2) is 0 Å². The van der Waals surface area contributed by atoms with E-state index in [1.807, 2.05) is 0 Å². The molecule has 0 aromatic carbocycles. The molecule has 0 aromatic heterocycles. The Balaban J connectivity index is 2.43. The molecule has 3 atom stereocenters. The summed E-state index contributed by atoms with van der Waals surface area (Å²) in [7, 11) is 0. The summed E-state index contributed by atoms with van der Waals surface area (Å²) in [6, 6.07) is 0.238. The molecule has 0 bridgehead atoms. The summed E-state index contributed by atoms with van der Waals surface area (Å²) >= 11 is 0. The number of carboxylic acids is 1. The molecule has 0 heterocycles. The van der Waals surface area contributed by atoms with Crippen LogP contribution in [-0.2, 0) is 4.79 Å². The molecule has 0 amide bonds. The largest absolute Gasteiger partial charge is 0.481 e. The highest BCUT2D eigenvalue weighted by Crippen LogP contribution is 2.30. The molecule has 64 valence electrons. The summed E-state index contributed by atoms with van der Waals surface area (Å²) in [5.74, 6) is -0.602. The SMILES string of the molecule is CC(C(=O)O)C1CCC(N)C1. The summed E-state index contributed by atoms with van der Waals surface area (Å²) in [5.41, 5.74) is 5.67. The minimum Gasteiger partial charge on any atom is -0.481 e. The quantitative estimate of drug-likeness (QED) is 0.624. The van der Waals surface area contributed by atoms with Crippen molar-refractivity contribution in [1.82, 2.24) is 0 Å². The van der Waals surface area contributed by atoms with Crippen LogP contribution in [0.1, 0.15) is 26.2 Å². The first kappa shape index (κ1) is 8.53. The summed E-state index contributed by atoms with van der Waals surface area (Å²) in [6.07, 6.45) is 2.85. The smallest absolute Gasteiger partial charge is 0.306 e. The van der Waals surface area contributed by atoms with Crippen molar-refractivity contribution in [3.63, 3.8) is 0 Å². The molecule has 3 nitrogen and oxygen atoms in total. The maximum atomic E-state index is 10.6. The Bertz CT molecular complexity index is 158. The average molecular weight is 157 g/mol. The number of carbonyl (C=O) groups is 1. The Morgan fingerprint density at radius 1 is 1.64 bits per heavy atom. The molecule has 1 saturated carbocycles. The maximum Gasteiger partial charge on any atom is 0.306 e. The van der Waals surface area contributed by atoms with E-state index in [0.717, 1.165) is 19.3 Å². The number of carboxylic acid groups (broad SMARTS) is 1. The third kappa shape index (κ3) is 1.93. The van der Waals surface area contributed by atoms with Crippen LogP contribution in [0, 0.1) is 11.8 Å². The van der Waals surface area contributed by atoms with Gasteiger partial charge in [-0.15, -0.1) is 0 Å². The average Bonchev–Trinajstić information content (AvgIpc) is 2.34. The summed E-state index contributed by atoms with van der Waals surface area (Å²) in [5, 5.41) is 8.69. The number of rotatable bonds is 2. The zero-order valence-corrected chi connectivity index (χ0v) is 6.79. The van der Waals surface area contributed by atoms with Gasteiger partial charge in [-0.3, -0.25) is 4.79 Å². The number of hydrogen-bond donors (Lipinski definition) is 2. The van der Waals surface area contributed by atoms with E-state index in [1.165, 1.54) is 0 Å². The maximum absolute atomic E-state index is 10.6. The molecular weight excluding hydrogens is 142 g/mol. The van der Waals surface area contributed by atoms with Crippen LogP contribution in [0.15, 0.2) is 0 Å². The highest BCUT2D eigenvalue weighted by Gasteiger charge is 2.29. The minimum atomic E-state index is -0.691. The molecule has 3 unspecified atom stereocenters. The van der Waals surface area contributed by atoms with Gasteiger partial charge < -0.3 is 10.8 Å². The fourth-order valence-electron chi connectivity index (χ4n) is 1.71. The Morgan fingerprint density at radius 2 is 2.27 bits per heavy atom. The van der Waals surface area contributed by atoms with E-state index in [4.69, 9.17) is 10.8 Å². The van der Waals surface area contributed by atoms with Gasteiger partial charge in [-0.1, -0.05) is 6.92 Å². The van der Waals surface area contributed by atoms with Crippen LogP contribution >= 0.6 is 0 Å². The van der Waals surface area contributed by atoms with Gasteiger partial charge in [0, 0.05) is 6.04 Å². The lowest BCUT2D eigenvalue weighted by atomic mass is 9.93. The highest BCUT2D eigenvalue weighted by molar-refractivity contribution is 5.69. The van der Waals surface area contributed by atoms with E-state index in [0.29, 0.717) is 5.92 Å². The fraction of sp³-hybridized carbons (Fsp3) is 0.875. The Morgan fingerprint density at radius 3 is 2.64 bits per heavy atom. The summed E-state index contributed by atoms with van der Waals surface area (Å²) in [4.78, 5) is 10.6. The van der Waals surface area contributed by atoms with Gasteiger partial charge in [0.05, 0.1) is 5.92 Å². The number of hydrogen-bond acceptors (Lipinski definition) is 2. The molecular formula is C8H15NO2. The molecule has 1 aliphatic carbocycles. The standard InChI is InChI=1S/C8H15NO2/c1-5(8(10)11)6-2-3-7(9)4-6/h5-7H,2-4,9H2,1H3,(H,10,11). The molecule has 11 heavy (non-hydrogen) atoms. The lowest BCUT2D eigenvalue weighted by molar-refractivity contribution is -0.142. The normalized spacial score (nSPS) is 33.6. The van der Waals surface area contributed by atoms with Crippen molar-refractivity contribution in [1.29, 1.82) is 0 Å². The Labute approximate surface area is 66.6 Å². The molecule has 0 spiro atoms. The van der Waals surface area contributed by atoms with E-state index < -0.39 is 5.97 Å². The van der Waals surface area contributed by atoms with E-state index in [-0.39, 0.29) is 12.0 Å². The van der Waals surface area contributed by atoms with Crippen LogP contribution in [0.4, 0.5) is 0 Å². The third-order valence-corrected chi connectivity index (χ3v) is 2.61. The van der Waals surface area contributed by atoms with E-state index in [9.17, 15) is 4.79 Å². The zero-order valence-electron chi connectivity index (χ0n) is 6.79. The molecule has 3 N–H and O–H groups in total. The first-order valence-electron chi connectivity index (χ1n) is 4.09. The molecule has 1 fully saturated rings. The van der Waals surface area contributed by atoms with Gasteiger partial charge in [-0.05, 0) is 25.2 Å². The van der Waals surface area contributed by atoms with Crippen molar-refractivity contribution in [2.75, 3.05) is 0 Å². The van der Waals surface area contributed by atoms with Crippen molar-refractivity contribution in [2.45, 2.75) is 32.2 Å². The first-order valence-corrected chi connectivity index (χ1v) is 4.09. The fourth-order valence-corrected chi connectivity index (χ4v) is 1.71. The number of nitrogens with two attached hydrogens (primary N) is 1. The molecule has 1 aliphatic rings. The van der Waals surface area contributed by atoms with Crippen LogP contribution < -0.4 is 5.73 Å². The number of aliphatic carboxylic acids is 1. The Kier molecular flexibility index (Phi) is 2.49. The molecule has 0 saturated heterocycles. The molecule has 0 aromatic rings. The second kappa shape index (κ2) is 3.22. The van der Waals surface area contributed by atoms with Crippen LogP contribution in [0.25, 0.3) is 0 Å². The van der Waals surface area contributed by atoms with Gasteiger partial charge in [0.25, 0.3) is 0 Å². The first-order chi connectivity index (χ1) is 5.11. The lowest BCUT2D eigenvalue weighted by Gasteiger charge is -2.13.